The van der Waals surface area contributed by atoms with E-state index in [-0.39, 0.29) is 12.4 Å². The molecule has 3 aromatic carbocycles. The number of esters is 1. The van der Waals surface area contributed by atoms with Crippen LogP contribution < -0.4 is 0 Å². The molecule has 0 amide bonds. The topological polar surface area (TPSA) is 51.5 Å². The molecule has 1 N–H and O–H groups in total. The highest BCUT2D eigenvalue weighted by Crippen LogP contribution is 2.40. The minimum atomic E-state index is -0.416. The summed E-state index contributed by atoms with van der Waals surface area (Å²) in [4.78, 5) is 12.7. The molecule has 5 heteroatoms. The van der Waals surface area contributed by atoms with Crippen molar-refractivity contribution in [2.75, 3.05) is 6.61 Å². The minimum absolute atomic E-state index is 0.125. The number of carbonyl (C=O) groups excluding carboxylic acids is 1. The fourth-order valence-corrected chi connectivity index (χ4v) is 3.86. The molecule has 27 heavy (non-hydrogen) atoms. The van der Waals surface area contributed by atoms with Gasteiger partial charge in [-0.3, -0.25) is 0 Å². The molecule has 0 saturated carbocycles. The molecule has 1 aromatic heterocycles. The second-order valence-corrected chi connectivity index (χ2v) is 6.71. The fraction of sp³-hybridized carbons (Fsp3) is 0.136. The van der Waals surface area contributed by atoms with Crippen molar-refractivity contribution in [2.45, 2.75) is 13.8 Å². The number of hydrogen-bond donors (Lipinski definition) is 1. The number of aromatic nitrogens is 1. The van der Waals surface area contributed by atoms with Crippen molar-refractivity contribution in [1.29, 1.82) is 0 Å². The van der Waals surface area contributed by atoms with Gasteiger partial charge in [-0.1, -0.05) is 48.0 Å². The van der Waals surface area contributed by atoms with Crippen LogP contribution >= 0.6 is 11.6 Å². The van der Waals surface area contributed by atoms with E-state index in [1.54, 1.807) is 13.0 Å². The molecule has 0 radical (unpaired) electrons. The van der Waals surface area contributed by atoms with Gasteiger partial charge >= 0.3 is 5.97 Å². The zero-order valence-electron chi connectivity index (χ0n) is 15.0. The highest BCUT2D eigenvalue weighted by Gasteiger charge is 2.25. The molecule has 0 atom stereocenters. The Bertz CT molecular complexity index is 1190. The number of nitrogens with zero attached hydrogens (tertiary/aromatic N) is 1. The van der Waals surface area contributed by atoms with Crippen molar-refractivity contribution < 1.29 is 14.6 Å². The van der Waals surface area contributed by atoms with Crippen LogP contribution in [0, 0.1) is 6.92 Å². The number of phenolic OH excluding ortho intramolecular Hbond substituents is 1. The van der Waals surface area contributed by atoms with Crippen molar-refractivity contribution in [3.05, 3.63) is 70.9 Å². The lowest BCUT2D eigenvalue weighted by Gasteiger charge is -2.12. The van der Waals surface area contributed by atoms with Crippen LogP contribution in [-0.4, -0.2) is 22.2 Å². The molecule has 0 bridgehead atoms. The van der Waals surface area contributed by atoms with E-state index >= 15 is 0 Å². The summed E-state index contributed by atoms with van der Waals surface area (Å²) in [6.45, 7) is 3.91. The van der Waals surface area contributed by atoms with E-state index in [0.29, 0.717) is 27.1 Å². The molecule has 4 aromatic rings. The largest absolute Gasteiger partial charge is 0.507 e. The Labute approximate surface area is 161 Å². The van der Waals surface area contributed by atoms with Crippen LogP contribution in [0.25, 0.3) is 27.4 Å². The fourth-order valence-electron chi connectivity index (χ4n) is 3.64. The standard InChI is InChI=1S/C22H18ClNO3/c1-3-27-22(26)20-13(2)24(18-11-7-6-10-17(18)23)21-15-9-5-4-8-14(15)19(25)12-16(20)21/h4-12,25H,3H2,1-2H3. The predicted octanol–water partition coefficient (Wildman–Crippen LogP) is 5.63. The van der Waals surface area contributed by atoms with Crippen LogP contribution in [0.15, 0.2) is 54.6 Å². The lowest BCUT2D eigenvalue weighted by molar-refractivity contribution is 0.0527. The Morgan fingerprint density at radius 2 is 1.74 bits per heavy atom. The van der Waals surface area contributed by atoms with Gasteiger partial charge in [-0.05, 0) is 32.0 Å². The van der Waals surface area contributed by atoms with Gasteiger partial charge in [0.05, 0.1) is 28.4 Å². The molecule has 0 spiro atoms. The van der Waals surface area contributed by atoms with Gasteiger partial charge in [0, 0.05) is 21.9 Å². The van der Waals surface area contributed by atoms with E-state index < -0.39 is 5.97 Å². The van der Waals surface area contributed by atoms with Gasteiger partial charge in [0.1, 0.15) is 5.75 Å². The lowest BCUT2D eigenvalue weighted by atomic mass is 10.0. The number of rotatable bonds is 3. The van der Waals surface area contributed by atoms with Crippen molar-refractivity contribution in [3.63, 3.8) is 0 Å². The summed E-state index contributed by atoms with van der Waals surface area (Å²) in [6, 6.07) is 16.7. The summed E-state index contributed by atoms with van der Waals surface area (Å²) in [7, 11) is 0. The van der Waals surface area contributed by atoms with Gasteiger partial charge in [-0.15, -0.1) is 0 Å². The summed E-state index contributed by atoms with van der Waals surface area (Å²) in [5.74, 6) is -0.291. The van der Waals surface area contributed by atoms with Crippen LogP contribution in [0.3, 0.4) is 0 Å². The molecule has 0 fully saturated rings. The van der Waals surface area contributed by atoms with E-state index in [2.05, 4.69) is 0 Å². The molecule has 0 unspecified atom stereocenters. The maximum atomic E-state index is 12.7. The zero-order chi connectivity index (χ0) is 19.1. The number of ether oxygens (including phenoxy) is 1. The quantitative estimate of drug-likeness (QED) is 0.469. The average molecular weight is 380 g/mol. The molecule has 0 saturated heterocycles. The zero-order valence-corrected chi connectivity index (χ0v) is 15.7. The van der Waals surface area contributed by atoms with Gasteiger partial charge in [0.25, 0.3) is 0 Å². The van der Waals surface area contributed by atoms with Gasteiger partial charge < -0.3 is 14.4 Å². The van der Waals surface area contributed by atoms with E-state index in [1.807, 2.05) is 60.0 Å². The summed E-state index contributed by atoms with van der Waals surface area (Å²) >= 11 is 6.48. The first-order valence-electron chi connectivity index (χ1n) is 8.72. The number of benzene rings is 3. The van der Waals surface area contributed by atoms with Gasteiger partial charge in [-0.25, -0.2) is 4.79 Å². The third-order valence-electron chi connectivity index (χ3n) is 4.76. The third kappa shape index (κ3) is 2.64. The van der Waals surface area contributed by atoms with E-state index in [1.165, 1.54) is 0 Å². The molecule has 136 valence electrons. The monoisotopic (exact) mass is 379 g/mol. The van der Waals surface area contributed by atoms with Crippen LogP contribution in [0.1, 0.15) is 23.0 Å². The first kappa shape index (κ1) is 17.4. The maximum Gasteiger partial charge on any atom is 0.340 e. The van der Waals surface area contributed by atoms with Crippen molar-refractivity contribution in [3.8, 4) is 11.4 Å². The van der Waals surface area contributed by atoms with Crippen molar-refractivity contribution in [1.82, 2.24) is 4.57 Å². The summed E-state index contributed by atoms with van der Waals surface area (Å²) in [5.41, 5.74) is 2.74. The Balaban J connectivity index is 2.23. The van der Waals surface area contributed by atoms with Crippen molar-refractivity contribution in [2.24, 2.45) is 0 Å². The molecule has 4 rings (SSSR count). The van der Waals surface area contributed by atoms with Crippen molar-refractivity contribution >= 4 is 39.2 Å². The third-order valence-corrected chi connectivity index (χ3v) is 5.08. The van der Waals surface area contributed by atoms with Gasteiger partial charge in [0.15, 0.2) is 0 Å². The number of phenols is 1. The second kappa shape index (κ2) is 6.63. The van der Waals surface area contributed by atoms with Gasteiger partial charge in [-0.2, -0.15) is 0 Å². The van der Waals surface area contributed by atoms with E-state index in [4.69, 9.17) is 16.3 Å². The highest BCUT2D eigenvalue weighted by molar-refractivity contribution is 6.32. The van der Waals surface area contributed by atoms with Crippen LogP contribution in [0.5, 0.6) is 5.75 Å². The molecule has 0 aliphatic heterocycles. The number of halogens is 1. The van der Waals surface area contributed by atoms with E-state index in [9.17, 15) is 9.90 Å². The maximum absolute atomic E-state index is 12.7. The Morgan fingerprint density at radius 1 is 1.07 bits per heavy atom. The van der Waals surface area contributed by atoms with Crippen LogP contribution in [-0.2, 0) is 4.74 Å². The number of carbonyl (C=O) groups is 1. The number of hydrogen-bond acceptors (Lipinski definition) is 3. The van der Waals surface area contributed by atoms with Gasteiger partial charge in [0.2, 0.25) is 0 Å². The van der Waals surface area contributed by atoms with Crippen LogP contribution in [0.2, 0.25) is 5.02 Å². The normalized spacial score (nSPS) is 11.2. The Morgan fingerprint density at radius 3 is 2.44 bits per heavy atom. The number of aromatic hydroxyl groups is 1. The highest BCUT2D eigenvalue weighted by atomic mass is 35.5. The average Bonchev–Trinajstić information content (AvgIpc) is 2.94. The Kier molecular flexibility index (Phi) is 4.28. The molecular weight excluding hydrogens is 362 g/mol. The number of para-hydroxylation sites is 1. The molecule has 1 heterocycles. The molecule has 0 aliphatic carbocycles. The minimum Gasteiger partial charge on any atom is -0.507 e. The molecule has 4 nitrogen and oxygen atoms in total. The molecular formula is C22H18ClNO3. The lowest BCUT2D eigenvalue weighted by Crippen LogP contribution is -2.07. The predicted molar refractivity (Wildman–Crippen MR) is 108 cm³/mol. The van der Waals surface area contributed by atoms with E-state index in [0.717, 1.165) is 16.6 Å². The second-order valence-electron chi connectivity index (χ2n) is 6.31. The summed E-state index contributed by atoms with van der Waals surface area (Å²) in [6.07, 6.45) is 0. The van der Waals surface area contributed by atoms with Crippen LogP contribution in [0.4, 0.5) is 0 Å². The smallest absolute Gasteiger partial charge is 0.340 e. The summed E-state index contributed by atoms with van der Waals surface area (Å²) < 4.78 is 7.25. The SMILES string of the molecule is CCOC(=O)c1c(C)n(-c2ccccc2Cl)c2c1cc(O)c1ccccc12. The first-order valence-corrected chi connectivity index (χ1v) is 9.10. The molecule has 0 aliphatic rings. The first-order chi connectivity index (χ1) is 13.0. The number of fused-ring (bicyclic) bond motifs is 3. The Hall–Kier alpha value is -2.98. The summed E-state index contributed by atoms with van der Waals surface area (Å²) in [5, 5.41) is 13.3.